The Morgan fingerprint density at radius 2 is 2.24 bits per heavy atom. The standard InChI is InChI=1S/C9H12BrNO4S2/c1-6(9(12)13)4-5-11-17(14,15)8-3-2-7(10)16-8/h2-3,6,11H,4-5H2,1H3,(H,12,13). The SMILES string of the molecule is CC(CCNS(=O)(=O)c1ccc(Br)s1)C(=O)O. The van der Waals surface area contributed by atoms with Gasteiger partial charge in [-0.2, -0.15) is 0 Å². The highest BCUT2D eigenvalue weighted by Crippen LogP contribution is 2.25. The van der Waals surface area contributed by atoms with Crippen molar-refractivity contribution in [2.24, 2.45) is 5.92 Å². The number of nitrogens with one attached hydrogen (secondary N) is 1. The molecule has 0 saturated carbocycles. The molecule has 0 aliphatic carbocycles. The highest BCUT2D eigenvalue weighted by atomic mass is 79.9. The number of sulfonamides is 1. The summed E-state index contributed by atoms with van der Waals surface area (Å²) in [6.07, 6.45) is 0.265. The van der Waals surface area contributed by atoms with Crippen LogP contribution in [-0.4, -0.2) is 26.0 Å². The van der Waals surface area contributed by atoms with Gasteiger partial charge in [-0.25, -0.2) is 13.1 Å². The van der Waals surface area contributed by atoms with Crippen LogP contribution in [0.5, 0.6) is 0 Å². The summed E-state index contributed by atoms with van der Waals surface area (Å²) in [5.74, 6) is -1.49. The van der Waals surface area contributed by atoms with Crippen molar-refractivity contribution in [3.8, 4) is 0 Å². The van der Waals surface area contributed by atoms with Crippen LogP contribution in [-0.2, 0) is 14.8 Å². The van der Waals surface area contributed by atoms with Crippen LogP contribution in [0.25, 0.3) is 0 Å². The van der Waals surface area contributed by atoms with Gasteiger partial charge in [0, 0.05) is 6.54 Å². The molecular formula is C9H12BrNO4S2. The lowest BCUT2D eigenvalue weighted by molar-refractivity contribution is -0.141. The Bertz CT molecular complexity index is 497. The second-order valence-corrected chi connectivity index (χ2v) is 7.94. The van der Waals surface area contributed by atoms with Gasteiger partial charge >= 0.3 is 5.97 Å². The van der Waals surface area contributed by atoms with E-state index in [0.717, 1.165) is 15.1 Å². The molecule has 8 heteroatoms. The van der Waals surface area contributed by atoms with E-state index in [0.29, 0.717) is 0 Å². The minimum Gasteiger partial charge on any atom is -0.481 e. The third-order valence-corrected chi connectivity index (χ3v) is 5.68. The third-order valence-electron chi connectivity index (χ3n) is 2.10. The molecule has 1 unspecified atom stereocenters. The lowest BCUT2D eigenvalue weighted by Crippen LogP contribution is -2.26. The zero-order chi connectivity index (χ0) is 13.1. The Morgan fingerprint density at radius 1 is 1.59 bits per heavy atom. The smallest absolute Gasteiger partial charge is 0.306 e. The van der Waals surface area contributed by atoms with Gasteiger partial charge in [0.15, 0.2) is 0 Å². The molecule has 1 aromatic heterocycles. The number of aliphatic carboxylic acids is 1. The number of hydrogen-bond donors (Lipinski definition) is 2. The summed E-state index contributed by atoms with van der Waals surface area (Å²) in [7, 11) is -3.52. The molecule has 0 amide bonds. The van der Waals surface area contributed by atoms with Gasteiger partial charge in [-0.1, -0.05) is 6.92 Å². The van der Waals surface area contributed by atoms with Gasteiger partial charge in [0.2, 0.25) is 10.0 Å². The minimum absolute atomic E-state index is 0.116. The maximum atomic E-state index is 11.7. The van der Waals surface area contributed by atoms with Gasteiger partial charge in [-0.15, -0.1) is 11.3 Å². The van der Waals surface area contributed by atoms with Gasteiger partial charge in [-0.05, 0) is 34.5 Å². The zero-order valence-corrected chi connectivity index (χ0v) is 12.2. The number of carbonyl (C=O) groups is 1. The molecule has 0 saturated heterocycles. The second-order valence-electron chi connectivity index (χ2n) is 3.48. The summed E-state index contributed by atoms with van der Waals surface area (Å²) in [5, 5.41) is 8.65. The molecule has 2 N–H and O–H groups in total. The fraction of sp³-hybridized carbons (Fsp3) is 0.444. The molecule has 17 heavy (non-hydrogen) atoms. The quantitative estimate of drug-likeness (QED) is 0.827. The fourth-order valence-corrected chi connectivity index (χ4v) is 4.15. The average Bonchev–Trinajstić information content (AvgIpc) is 2.65. The molecule has 0 aliphatic rings. The molecule has 0 aromatic carbocycles. The van der Waals surface area contributed by atoms with Crippen molar-refractivity contribution < 1.29 is 18.3 Å². The summed E-state index contributed by atoms with van der Waals surface area (Å²) in [6, 6.07) is 3.15. The predicted molar refractivity (Wildman–Crippen MR) is 68.6 cm³/mol. The van der Waals surface area contributed by atoms with E-state index in [9.17, 15) is 13.2 Å². The van der Waals surface area contributed by atoms with Gasteiger partial charge in [0.1, 0.15) is 4.21 Å². The summed E-state index contributed by atoms with van der Waals surface area (Å²) in [4.78, 5) is 10.5. The Morgan fingerprint density at radius 3 is 2.71 bits per heavy atom. The molecule has 5 nitrogen and oxygen atoms in total. The summed E-state index contributed by atoms with van der Waals surface area (Å²) >= 11 is 4.29. The highest BCUT2D eigenvalue weighted by molar-refractivity contribution is 9.11. The number of thiophene rings is 1. The molecule has 0 radical (unpaired) electrons. The highest BCUT2D eigenvalue weighted by Gasteiger charge is 2.17. The number of halogens is 1. The minimum atomic E-state index is -3.52. The van der Waals surface area contributed by atoms with E-state index in [1.807, 2.05) is 0 Å². The lowest BCUT2D eigenvalue weighted by Gasteiger charge is -2.07. The van der Waals surface area contributed by atoms with Gasteiger partial charge in [0.25, 0.3) is 0 Å². The van der Waals surface area contributed by atoms with Gasteiger partial charge in [-0.3, -0.25) is 4.79 Å². The van der Waals surface area contributed by atoms with Crippen LogP contribution in [0.15, 0.2) is 20.1 Å². The number of rotatable bonds is 6. The molecule has 1 aromatic rings. The van der Waals surface area contributed by atoms with Crippen LogP contribution in [0.1, 0.15) is 13.3 Å². The first-order valence-corrected chi connectivity index (χ1v) is 7.90. The lowest BCUT2D eigenvalue weighted by atomic mass is 10.1. The first kappa shape index (κ1) is 14.6. The van der Waals surface area contributed by atoms with E-state index in [-0.39, 0.29) is 17.2 Å². The monoisotopic (exact) mass is 341 g/mol. The summed E-state index contributed by atoms with van der Waals surface area (Å²) in [6.45, 7) is 1.66. The van der Waals surface area contributed by atoms with E-state index < -0.39 is 21.9 Å². The van der Waals surface area contributed by atoms with E-state index in [4.69, 9.17) is 5.11 Å². The first-order chi connectivity index (χ1) is 7.83. The maximum Gasteiger partial charge on any atom is 0.306 e. The van der Waals surface area contributed by atoms with Crippen molar-refractivity contribution in [2.45, 2.75) is 17.6 Å². The molecule has 0 fully saturated rings. The first-order valence-electron chi connectivity index (χ1n) is 4.81. The Balaban J connectivity index is 2.54. The maximum absolute atomic E-state index is 11.7. The van der Waals surface area contributed by atoms with Crippen LogP contribution in [0.4, 0.5) is 0 Å². The Labute approximate surface area is 112 Å². The topological polar surface area (TPSA) is 83.5 Å². The normalized spacial score (nSPS) is 13.5. The molecule has 96 valence electrons. The van der Waals surface area contributed by atoms with Crippen LogP contribution < -0.4 is 4.72 Å². The Kier molecular flexibility index (Phi) is 5.11. The molecule has 1 atom stereocenters. The van der Waals surface area contributed by atoms with E-state index in [1.165, 1.54) is 6.07 Å². The van der Waals surface area contributed by atoms with Crippen molar-refractivity contribution in [3.63, 3.8) is 0 Å². The summed E-state index contributed by atoms with van der Waals surface area (Å²) in [5.41, 5.74) is 0. The third kappa shape index (κ3) is 4.38. The van der Waals surface area contributed by atoms with Gasteiger partial charge in [0.05, 0.1) is 9.70 Å². The van der Waals surface area contributed by atoms with Crippen molar-refractivity contribution in [2.75, 3.05) is 6.54 Å². The average molecular weight is 342 g/mol. The molecule has 1 heterocycles. The summed E-state index contributed by atoms with van der Waals surface area (Å²) < 4.78 is 26.8. The second kappa shape index (κ2) is 5.94. The predicted octanol–water partition coefficient (Wildman–Crippen LogP) is 1.90. The Hall–Kier alpha value is -0.440. The fourth-order valence-electron chi connectivity index (χ4n) is 1.05. The van der Waals surface area contributed by atoms with Crippen molar-refractivity contribution >= 4 is 43.3 Å². The van der Waals surface area contributed by atoms with Crippen molar-refractivity contribution in [1.29, 1.82) is 0 Å². The molecule has 0 aliphatic heterocycles. The van der Waals surface area contributed by atoms with E-state index in [1.54, 1.807) is 13.0 Å². The number of carboxylic acids is 1. The van der Waals surface area contributed by atoms with Crippen molar-refractivity contribution in [1.82, 2.24) is 4.72 Å². The zero-order valence-electron chi connectivity index (χ0n) is 9.01. The van der Waals surface area contributed by atoms with Gasteiger partial charge < -0.3 is 5.11 Å². The van der Waals surface area contributed by atoms with E-state index >= 15 is 0 Å². The molecule has 0 spiro atoms. The number of hydrogen-bond acceptors (Lipinski definition) is 4. The largest absolute Gasteiger partial charge is 0.481 e. The van der Waals surface area contributed by atoms with Crippen molar-refractivity contribution in [3.05, 3.63) is 15.9 Å². The van der Waals surface area contributed by atoms with Crippen LogP contribution >= 0.6 is 27.3 Å². The van der Waals surface area contributed by atoms with Crippen LogP contribution in [0, 0.1) is 5.92 Å². The van der Waals surface area contributed by atoms with Crippen LogP contribution in [0.2, 0.25) is 0 Å². The number of carboxylic acid groups (broad SMARTS) is 1. The van der Waals surface area contributed by atoms with E-state index in [2.05, 4.69) is 20.7 Å². The molecular weight excluding hydrogens is 330 g/mol. The molecule has 1 rings (SSSR count). The van der Waals surface area contributed by atoms with Crippen LogP contribution in [0.3, 0.4) is 0 Å². The molecule has 0 bridgehead atoms.